The Balaban J connectivity index is 0.000000125. The Morgan fingerprint density at radius 1 is 0.550 bits per heavy atom. The molecular weight excluding hydrogens is 568 g/mol. The van der Waals surface area contributed by atoms with E-state index < -0.39 is 0 Å². The van der Waals surface area contributed by atoms with E-state index in [1.807, 2.05) is 12.1 Å². The van der Waals surface area contributed by atoms with Gasteiger partial charge in [0, 0.05) is 0 Å². The molecule has 0 bridgehead atoms. The summed E-state index contributed by atoms with van der Waals surface area (Å²) in [4.78, 5) is 0. The molecule has 0 N–H and O–H groups in total. The molecule has 0 amide bonds. The maximum Gasteiger partial charge on any atom is -0.0623 e. The number of fused-ring (bicyclic) bond motifs is 4. The predicted molar refractivity (Wildman–Crippen MR) is 161 cm³/mol. The summed E-state index contributed by atoms with van der Waals surface area (Å²) in [7, 11) is 0. The van der Waals surface area contributed by atoms with E-state index in [0.717, 1.165) is 12.8 Å². The van der Waals surface area contributed by atoms with E-state index in [0.29, 0.717) is 0 Å². The van der Waals surface area contributed by atoms with Gasteiger partial charge in [-0.15, -0.1) is 34.8 Å². The molecule has 4 aromatic carbocycles. The molecular formula is C37H34O2Zr-2. The Kier molecular flexibility index (Phi) is 11.3. The summed E-state index contributed by atoms with van der Waals surface area (Å²) in [6.45, 7) is 0. The topological polar surface area (TPSA) is 46.1 Å². The van der Waals surface area contributed by atoms with Crippen molar-refractivity contribution in [1.82, 2.24) is 0 Å². The number of benzene rings is 4. The molecule has 200 valence electrons. The fourth-order valence-electron chi connectivity index (χ4n) is 5.17. The Bertz CT molecular complexity index is 1330. The first-order valence-electron chi connectivity index (χ1n) is 13.8. The van der Waals surface area contributed by atoms with Crippen molar-refractivity contribution in [2.75, 3.05) is 0 Å². The van der Waals surface area contributed by atoms with Crippen LogP contribution in [-0.4, -0.2) is 4.21 Å². The molecule has 0 heterocycles. The minimum atomic E-state index is 0.0718. The molecule has 40 heavy (non-hydrogen) atoms. The second-order valence-corrected chi connectivity index (χ2v) is 9.82. The summed E-state index contributed by atoms with van der Waals surface area (Å²) < 4.78 is 3.34. The van der Waals surface area contributed by atoms with Gasteiger partial charge in [0.1, 0.15) is 0 Å². The quantitative estimate of drug-likeness (QED) is 0.204. The first-order valence-corrected chi connectivity index (χ1v) is 15.5. The van der Waals surface area contributed by atoms with Crippen molar-refractivity contribution in [2.45, 2.75) is 38.5 Å². The normalized spacial score (nSPS) is 13.6. The maximum absolute atomic E-state index is 10.3. The van der Waals surface area contributed by atoms with Crippen LogP contribution in [0.15, 0.2) is 97.1 Å². The van der Waals surface area contributed by atoms with Crippen LogP contribution in [0.3, 0.4) is 0 Å². The number of rotatable bonds is 0. The second-order valence-electron chi connectivity index (χ2n) is 9.82. The van der Waals surface area contributed by atoms with E-state index in [9.17, 15) is 10.2 Å². The van der Waals surface area contributed by atoms with Crippen molar-refractivity contribution in [2.24, 2.45) is 0 Å². The van der Waals surface area contributed by atoms with Gasteiger partial charge < -0.3 is 10.2 Å². The van der Waals surface area contributed by atoms with Crippen LogP contribution in [0, 0.1) is 12.8 Å². The second kappa shape index (κ2) is 15.3. The van der Waals surface area contributed by atoms with E-state index in [1.165, 1.54) is 108 Å². The van der Waals surface area contributed by atoms with Gasteiger partial charge in [-0.25, -0.2) is 0 Å². The van der Waals surface area contributed by atoms with Gasteiger partial charge in [0.15, 0.2) is 0 Å². The van der Waals surface area contributed by atoms with Crippen molar-refractivity contribution in [3.63, 3.8) is 0 Å². The summed E-state index contributed by atoms with van der Waals surface area (Å²) in [5.74, 6) is 0.144. The maximum atomic E-state index is 10.3. The molecule has 0 spiro atoms. The number of hydrogen-bond donors (Lipinski definition) is 0. The molecule has 4 aromatic rings. The van der Waals surface area contributed by atoms with Gasteiger partial charge in [0.2, 0.25) is 0 Å². The van der Waals surface area contributed by atoms with E-state index in [2.05, 4.69) is 65.6 Å². The van der Waals surface area contributed by atoms with Gasteiger partial charge >= 0.3 is 28.4 Å². The third-order valence-electron chi connectivity index (χ3n) is 7.11. The molecule has 0 fully saturated rings. The molecule has 0 atom stereocenters. The average molecular weight is 602 g/mol. The molecule has 4 aliphatic rings. The zero-order chi connectivity index (χ0) is 28.2. The Hall–Kier alpha value is -3.55. The van der Waals surface area contributed by atoms with Crippen LogP contribution < -0.4 is 10.2 Å². The van der Waals surface area contributed by atoms with Gasteiger partial charge in [0.05, 0.1) is 0 Å². The van der Waals surface area contributed by atoms with Crippen molar-refractivity contribution >= 4 is 16.4 Å². The van der Waals surface area contributed by atoms with Crippen molar-refractivity contribution in [3.8, 4) is 11.5 Å². The Labute approximate surface area is 254 Å². The van der Waals surface area contributed by atoms with E-state index in [4.69, 9.17) is 0 Å². The third kappa shape index (κ3) is 8.23. The fourth-order valence-corrected chi connectivity index (χ4v) is 5.17. The van der Waals surface area contributed by atoms with Gasteiger partial charge in [-0.2, -0.15) is 36.1 Å². The minimum Gasteiger partial charge on any atom is -0.872 e. The van der Waals surface area contributed by atoms with Crippen LogP contribution in [0.25, 0.3) is 12.2 Å². The summed E-state index contributed by atoms with van der Waals surface area (Å²) >= 11 is 1.30. The van der Waals surface area contributed by atoms with Crippen molar-refractivity contribution in [1.29, 1.82) is 0 Å². The third-order valence-corrected chi connectivity index (χ3v) is 7.11. The Morgan fingerprint density at radius 3 is 1.30 bits per heavy atom. The first-order chi connectivity index (χ1) is 19.7. The minimum absolute atomic E-state index is 0.0718. The largest absolute Gasteiger partial charge is 0.872 e. The van der Waals surface area contributed by atoms with Crippen LogP contribution in [0.1, 0.15) is 57.3 Å². The number of allylic oxidation sites excluding steroid dienone is 2. The summed E-state index contributed by atoms with van der Waals surface area (Å²) in [5, 5.41) is 20.5. The number of aryl methyl sites for hydroxylation is 2. The smallest absolute Gasteiger partial charge is 0.0623 e. The summed E-state index contributed by atoms with van der Waals surface area (Å²) in [6.07, 6.45) is 20.9. The summed E-state index contributed by atoms with van der Waals surface area (Å²) in [5.41, 5.74) is 12.0. The van der Waals surface area contributed by atoms with Crippen LogP contribution >= 0.6 is 0 Å². The van der Waals surface area contributed by atoms with E-state index in [-0.39, 0.29) is 11.5 Å². The molecule has 0 saturated carbocycles. The fraction of sp³-hybridized carbons (Fsp3) is 0.162. The van der Waals surface area contributed by atoms with Crippen LogP contribution in [-0.2, 0) is 49.9 Å². The number of hydrogen-bond acceptors (Lipinski definition) is 2. The van der Waals surface area contributed by atoms with Crippen LogP contribution in [0.2, 0.25) is 0 Å². The molecule has 0 radical (unpaired) electrons. The molecule has 0 saturated heterocycles. The predicted octanol–water partition coefficient (Wildman–Crippen LogP) is 6.99. The molecule has 0 unspecified atom stereocenters. The van der Waals surface area contributed by atoms with Gasteiger partial charge in [-0.3, -0.25) is 0 Å². The van der Waals surface area contributed by atoms with Crippen LogP contribution in [0.5, 0.6) is 11.5 Å². The molecule has 2 nitrogen and oxygen atoms in total. The first kappa shape index (κ1) is 29.4. The molecule has 0 aliphatic heterocycles. The molecule has 3 heteroatoms. The molecule has 8 rings (SSSR count). The zero-order valence-electron chi connectivity index (χ0n) is 22.8. The summed E-state index contributed by atoms with van der Waals surface area (Å²) in [6, 6.07) is 26.1. The monoisotopic (exact) mass is 600 g/mol. The van der Waals surface area contributed by atoms with E-state index in [1.54, 1.807) is 35.4 Å². The average Bonchev–Trinajstić information content (AvgIpc) is 3.80. The molecule has 4 aliphatic carbocycles. The van der Waals surface area contributed by atoms with E-state index >= 15 is 0 Å². The molecule has 0 aromatic heterocycles. The Morgan fingerprint density at radius 2 is 0.950 bits per heavy atom. The number of para-hydroxylation sites is 2. The van der Waals surface area contributed by atoms with Gasteiger partial charge in [-0.1, -0.05) is 133 Å². The SMILES string of the molecule is C1=Cc2cc3c(cc2C1)CC[CH-]3.C1=Cc2cc3c(cc2C1)CC[CH-]3.[CH2]=[Zr+2].[O-]c1ccccc1.[O-]c1ccccc1. The van der Waals surface area contributed by atoms with Crippen molar-refractivity contribution < 1.29 is 34.4 Å². The van der Waals surface area contributed by atoms with Gasteiger partial charge in [-0.05, 0) is 12.8 Å². The van der Waals surface area contributed by atoms with Crippen molar-refractivity contribution in [3.05, 3.63) is 154 Å². The zero-order valence-corrected chi connectivity index (χ0v) is 25.3. The standard InChI is InChI=1S/2C12H11.2C6H6O.CH2.Zr/c2*1-3-9-7-11-5-2-6-12(11)8-10(9)4-1;2*7-6-4-2-1-3-5-6;;/h2*1,3,5,7-8H,2,4,6H2;2*1-5,7H;1H2;/q2*-1;;;;+2/p-2. The van der Waals surface area contributed by atoms with Gasteiger partial charge in [0.25, 0.3) is 0 Å². The van der Waals surface area contributed by atoms with Crippen LogP contribution in [0.4, 0.5) is 0 Å².